The first kappa shape index (κ1) is 16.6. The summed E-state index contributed by atoms with van der Waals surface area (Å²) in [6, 6.07) is 5.95. The Morgan fingerprint density at radius 2 is 2.04 bits per heavy atom. The van der Waals surface area contributed by atoms with Crippen molar-refractivity contribution < 1.29 is 9.59 Å². The third-order valence-corrected chi connectivity index (χ3v) is 5.18. The maximum atomic E-state index is 12.4. The number of benzene rings is 1. The minimum Gasteiger partial charge on any atom is -0.314 e. The lowest BCUT2D eigenvalue weighted by atomic mass is 9.85. The van der Waals surface area contributed by atoms with Crippen LogP contribution in [0.4, 0.5) is 10.8 Å². The Hall–Kier alpha value is -2.21. The summed E-state index contributed by atoms with van der Waals surface area (Å²) in [4.78, 5) is 30.4. The van der Waals surface area contributed by atoms with Crippen molar-refractivity contribution in [3.05, 3.63) is 29.1 Å². The van der Waals surface area contributed by atoms with Gasteiger partial charge < -0.3 is 10.2 Å². The van der Waals surface area contributed by atoms with Crippen molar-refractivity contribution in [3.8, 4) is 11.3 Å². The van der Waals surface area contributed by atoms with Crippen LogP contribution in [-0.2, 0) is 15.0 Å². The second-order valence-electron chi connectivity index (χ2n) is 6.90. The van der Waals surface area contributed by atoms with Gasteiger partial charge in [0.15, 0.2) is 5.13 Å². The predicted molar refractivity (Wildman–Crippen MR) is 97.5 cm³/mol. The molecule has 3 rings (SSSR count). The molecule has 5 nitrogen and oxygen atoms in total. The number of carbonyl (C=O) groups is 2. The van der Waals surface area contributed by atoms with Gasteiger partial charge in [-0.1, -0.05) is 19.9 Å². The largest absolute Gasteiger partial charge is 0.314 e. The Bertz CT molecular complexity index is 823. The van der Waals surface area contributed by atoms with Gasteiger partial charge in [0, 0.05) is 29.6 Å². The molecule has 6 heteroatoms. The predicted octanol–water partition coefficient (Wildman–Crippen LogP) is 3.66. The number of nitrogens with zero attached hydrogens (tertiary/aromatic N) is 2. The van der Waals surface area contributed by atoms with E-state index in [1.807, 2.05) is 51.3 Å². The fourth-order valence-electron chi connectivity index (χ4n) is 2.85. The van der Waals surface area contributed by atoms with Gasteiger partial charge in [-0.2, -0.15) is 0 Å². The molecule has 0 saturated heterocycles. The summed E-state index contributed by atoms with van der Waals surface area (Å²) in [6.45, 7) is 7.58. The van der Waals surface area contributed by atoms with E-state index >= 15 is 0 Å². The van der Waals surface area contributed by atoms with Gasteiger partial charge in [-0.3, -0.25) is 9.59 Å². The zero-order valence-corrected chi connectivity index (χ0v) is 15.3. The van der Waals surface area contributed by atoms with E-state index in [1.165, 1.54) is 11.3 Å². The maximum Gasteiger partial charge on any atom is 0.236 e. The number of hydrogen-bond donors (Lipinski definition) is 1. The third kappa shape index (κ3) is 2.60. The van der Waals surface area contributed by atoms with Gasteiger partial charge in [0.2, 0.25) is 11.8 Å². The summed E-state index contributed by atoms with van der Waals surface area (Å²) in [7, 11) is 1.80. The molecule has 2 aromatic rings. The Morgan fingerprint density at radius 3 is 2.71 bits per heavy atom. The quantitative estimate of drug-likeness (QED) is 0.925. The van der Waals surface area contributed by atoms with Crippen LogP contribution >= 0.6 is 11.3 Å². The average molecular weight is 343 g/mol. The Labute approximate surface area is 145 Å². The Morgan fingerprint density at radius 1 is 1.33 bits per heavy atom. The van der Waals surface area contributed by atoms with Gasteiger partial charge in [0.1, 0.15) is 0 Å². The van der Waals surface area contributed by atoms with Crippen molar-refractivity contribution >= 4 is 34.0 Å². The van der Waals surface area contributed by atoms with Crippen LogP contribution in [0.3, 0.4) is 0 Å². The average Bonchev–Trinajstić information content (AvgIpc) is 3.06. The topological polar surface area (TPSA) is 62.3 Å². The Kier molecular flexibility index (Phi) is 3.95. The molecule has 0 radical (unpaired) electrons. The first-order valence-electron chi connectivity index (χ1n) is 7.91. The number of anilines is 2. The lowest BCUT2D eigenvalue weighted by molar-refractivity contribution is -0.122. The molecule has 0 unspecified atom stereocenters. The van der Waals surface area contributed by atoms with Crippen molar-refractivity contribution in [1.29, 1.82) is 0 Å². The zero-order valence-electron chi connectivity index (χ0n) is 14.5. The molecule has 1 aromatic carbocycles. The van der Waals surface area contributed by atoms with Gasteiger partial charge in [-0.25, -0.2) is 4.98 Å². The molecule has 1 N–H and O–H groups in total. The van der Waals surface area contributed by atoms with Crippen LogP contribution in [0.15, 0.2) is 23.6 Å². The molecule has 1 aliphatic rings. The zero-order chi connectivity index (χ0) is 17.6. The molecular weight excluding hydrogens is 322 g/mol. The van der Waals surface area contributed by atoms with E-state index in [1.54, 1.807) is 11.9 Å². The highest BCUT2D eigenvalue weighted by Crippen LogP contribution is 2.42. The van der Waals surface area contributed by atoms with Gasteiger partial charge >= 0.3 is 0 Å². The molecule has 24 heavy (non-hydrogen) atoms. The van der Waals surface area contributed by atoms with Gasteiger partial charge in [0.25, 0.3) is 0 Å². The molecule has 2 heterocycles. The van der Waals surface area contributed by atoms with Crippen molar-refractivity contribution in [3.63, 3.8) is 0 Å². The monoisotopic (exact) mass is 343 g/mol. The fraction of sp³-hybridized carbons (Fsp3) is 0.389. The van der Waals surface area contributed by atoms with E-state index in [4.69, 9.17) is 0 Å². The van der Waals surface area contributed by atoms with E-state index in [2.05, 4.69) is 10.3 Å². The number of aromatic nitrogens is 1. The molecule has 2 amide bonds. The summed E-state index contributed by atoms with van der Waals surface area (Å²) in [5.74, 6) is -0.0317. The van der Waals surface area contributed by atoms with Crippen molar-refractivity contribution in [2.45, 2.75) is 33.1 Å². The fourth-order valence-corrected chi connectivity index (χ4v) is 3.57. The van der Waals surface area contributed by atoms with Crippen LogP contribution in [0.1, 0.15) is 33.3 Å². The number of hydrogen-bond acceptors (Lipinski definition) is 4. The first-order chi connectivity index (χ1) is 11.2. The normalized spacial score (nSPS) is 15.8. The number of carbonyl (C=O) groups excluding carboxylic acids is 2. The van der Waals surface area contributed by atoms with Gasteiger partial charge in [0.05, 0.1) is 11.1 Å². The molecule has 1 aliphatic heterocycles. The van der Waals surface area contributed by atoms with Gasteiger partial charge in [-0.05, 0) is 31.5 Å². The van der Waals surface area contributed by atoms with Crippen LogP contribution < -0.4 is 10.2 Å². The van der Waals surface area contributed by atoms with E-state index in [0.717, 1.165) is 22.5 Å². The summed E-state index contributed by atoms with van der Waals surface area (Å²) in [5.41, 5.74) is 3.17. The van der Waals surface area contributed by atoms with Crippen molar-refractivity contribution in [1.82, 2.24) is 4.98 Å². The molecule has 0 bridgehead atoms. The minimum atomic E-state index is -0.537. The SMILES string of the molecule is CC(C)C(=O)Nc1nc(-c2ccc3c(c2)C(C)(C)C(=O)N3C)cs1. The van der Waals surface area contributed by atoms with E-state index in [9.17, 15) is 9.59 Å². The summed E-state index contributed by atoms with van der Waals surface area (Å²) >= 11 is 1.40. The lowest BCUT2D eigenvalue weighted by Crippen LogP contribution is -2.33. The highest BCUT2D eigenvalue weighted by molar-refractivity contribution is 7.14. The Balaban J connectivity index is 1.93. The number of rotatable bonds is 3. The molecule has 0 fully saturated rings. The first-order valence-corrected chi connectivity index (χ1v) is 8.79. The molecular formula is C18H21N3O2S. The number of likely N-dealkylation sites (N-methyl/N-ethyl adjacent to an activating group) is 1. The molecule has 0 spiro atoms. The summed E-state index contributed by atoms with van der Waals surface area (Å²) in [5, 5.41) is 5.34. The minimum absolute atomic E-state index is 0.0433. The van der Waals surface area contributed by atoms with E-state index < -0.39 is 5.41 Å². The van der Waals surface area contributed by atoms with Gasteiger partial charge in [-0.15, -0.1) is 11.3 Å². The van der Waals surface area contributed by atoms with E-state index in [0.29, 0.717) is 5.13 Å². The van der Waals surface area contributed by atoms with Crippen LogP contribution in [0.5, 0.6) is 0 Å². The summed E-state index contributed by atoms with van der Waals surface area (Å²) < 4.78 is 0. The third-order valence-electron chi connectivity index (χ3n) is 4.43. The summed E-state index contributed by atoms with van der Waals surface area (Å²) in [6.07, 6.45) is 0. The lowest BCUT2D eigenvalue weighted by Gasteiger charge is -2.16. The highest BCUT2D eigenvalue weighted by Gasteiger charge is 2.42. The van der Waals surface area contributed by atoms with Crippen LogP contribution in [0.2, 0.25) is 0 Å². The number of nitrogens with one attached hydrogen (secondary N) is 1. The molecule has 0 aliphatic carbocycles. The number of amides is 2. The molecule has 1 aromatic heterocycles. The molecule has 0 atom stereocenters. The van der Waals surface area contributed by atoms with Crippen LogP contribution in [0, 0.1) is 5.92 Å². The van der Waals surface area contributed by atoms with Crippen molar-refractivity contribution in [2.24, 2.45) is 5.92 Å². The number of thiazole rings is 1. The van der Waals surface area contributed by atoms with Crippen LogP contribution in [0.25, 0.3) is 11.3 Å². The molecule has 126 valence electrons. The smallest absolute Gasteiger partial charge is 0.236 e. The highest BCUT2D eigenvalue weighted by atomic mass is 32.1. The van der Waals surface area contributed by atoms with Crippen LogP contribution in [-0.4, -0.2) is 23.8 Å². The molecule has 0 saturated carbocycles. The second kappa shape index (κ2) is 5.70. The maximum absolute atomic E-state index is 12.4. The van der Waals surface area contributed by atoms with Crippen molar-refractivity contribution in [2.75, 3.05) is 17.3 Å². The van der Waals surface area contributed by atoms with E-state index in [-0.39, 0.29) is 17.7 Å². The standard InChI is InChI=1S/C18H21N3O2S/c1-10(2)15(22)20-17-19-13(9-24-17)11-6-7-14-12(8-11)18(3,4)16(23)21(14)5/h6-10H,1-5H3,(H,19,20,22). The number of fused-ring (bicyclic) bond motifs is 1. The second-order valence-corrected chi connectivity index (χ2v) is 7.76.